The van der Waals surface area contributed by atoms with Gasteiger partial charge < -0.3 is 4.84 Å². The number of nitrogens with zero attached hydrogens (tertiary/aromatic N) is 2. The van der Waals surface area contributed by atoms with Crippen molar-refractivity contribution in [1.82, 2.24) is 4.98 Å². The highest BCUT2D eigenvalue weighted by atomic mass is 16.7. The highest BCUT2D eigenvalue weighted by Gasteiger charge is 2.34. The minimum Gasteiger partial charge on any atom is -0.310 e. The molecular formula is C20H24N2O3. The zero-order valence-electron chi connectivity index (χ0n) is 15.6. The first-order chi connectivity index (χ1) is 11.5. The van der Waals surface area contributed by atoms with Crippen molar-refractivity contribution in [3.05, 3.63) is 53.4 Å². The lowest BCUT2D eigenvalue weighted by atomic mass is 9.72. The van der Waals surface area contributed by atoms with Crippen LogP contribution in [0.25, 0.3) is 0 Å². The Hall–Kier alpha value is -2.56. The van der Waals surface area contributed by atoms with Gasteiger partial charge in [0, 0.05) is 17.3 Å². The first-order valence-electron chi connectivity index (χ1n) is 8.19. The molecule has 0 fully saturated rings. The maximum absolute atomic E-state index is 12.8. The number of rotatable bonds is 2. The van der Waals surface area contributed by atoms with E-state index in [1.165, 1.54) is 6.20 Å². The van der Waals surface area contributed by atoms with E-state index in [4.69, 9.17) is 4.84 Å². The van der Waals surface area contributed by atoms with Gasteiger partial charge in [0.1, 0.15) is 5.71 Å². The lowest BCUT2D eigenvalue weighted by Crippen LogP contribution is -2.29. The van der Waals surface area contributed by atoms with E-state index in [0.717, 1.165) is 0 Å². The van der Waals surface area contributed by atoms with E-state index < -0.39 is 5.97 Å². The van der Waals surface area contributed by atoms with Crippen LogP contribution in [0.3, 0.4) is 0 Å². The number of pyridine rings is 1. The Bertz CT molecular complexity index is 737. The Morgan fingerprint density at radius 2 is 1.56 bits per heavy atom. The van der Waals surface area contributed by atoms with Crippen molar-refractivity contribution in [1.29, 1.82) is 0 Å². The summed E-state index contributed by atoms with van der Waals surface area (Å²) in [6.07, 6.45) is 4.88. The Morgan fingerprint density at radius 3 is 2.00 bits per heavy atom. The second-order valence-electron chi connectivity index (χ2n) is 8.06. The summed E-state index contributed by atoms with van der Waals surface area (Å²) in [4.78, 5) is 33.8. The van der Waals surface area contributed by atoms with Gasteiger partial charge in [-0.05, 0) is 35.1 Å². The SMILES string of the molecule is CC(C)(C)C1=CC(=NOC(=O)c2ccccn2)C=C(C(C)(C)C)C1=O. The summed E-state index contributed by atoms with van der Waals surface area (Å²) < 4.78 is 0. The summed E-state index contributed by atoms with van der Waals surface area (Å²) >= 11 is 0. The zero-order valence-corrected chi connectivity index (χ0v) is 15.6. The summed E-state index contributed by atoms with van der Waals surface area (Å²) in [5.41, 5.74) is 1.24. The average Bonchev–Trinajstić information content (AvgIpc) is 2.52. The first kappa shape index (κ1) is 18.8. The minimum absolute atomic E-state index is 0.00926. The molecular weight excluding hydrogens is 316 g/mol. The van der Waals surface area contributed by atoms with E-state index in [2.05, 4.69) is 10.1 Å². The lowest BCUT2D eigenvalue weighted by molar-refractivity contribution is -0.114. The fourth-order valence-electron chi connectivity index (χ4n) is 2.40. The van der Waals surface area contributed by atoms with Gasteiger partial charge >= 0.3 is 5.97 Å². The molecule has 0 N–H and O–H groups in total. The van der Waals surface area contributed by atoms with Crippen molar-refractivity contribution in [2.45, 2.75) is 41.5 Å². The fraction of sp³-hybridized carbons (Fsp3) is 0.400. The number of oxime groups is 1. The molecule has 0 unspecified atom stereocenters. The van der Waals surface area contributed by atoms with E-state index in [0.29, 0.717) is 16.9 Å². The second kappa shape index (κ2) is 6.75. The van der Waals surface area contributed by atoms with Crippen LogP contribution >= 0.6 is 0 Å². The molecule has 1 heterocycles. The molecule has 0 saturated carbocycles. The zero-order chi connectivity index (χ0) is 18.8. The lowest BCUT2D eigenvalue weighted by Gasteiger charge is -2.30. The molecule has 5 heteroatoms. The first-order valence-corrected chi connectivity index (χ1v) is 8.19. The second-order valence-corrected chi connectivity index (χ2v) is 8.06. The topological polar surface area (TPSA) is 68.6 Å². The monoisotopic (exact) mass is 340 g/mol. The molecule has 1 aromatic heterocycles. The third-order valence-electron chi connectivity index (χ3n) is 3.80. The van der Waals surface area contributed by atoms with Gasteiger partial charge in [-0.1, -0.05) is 52.8 Å². The summed E-state index contributed by atoms with van der Waals surface area (Å²) in [7, 11) is 0. The van der Waals surface area contributed by atoms with Gasteiger partial charge in [0.05, 0.1) is 0 Å². The molecule has 1 aliphatic rings. The van der Waals surface area contributed by atoms with Crippen molar-refractivity contribution in [3.63, 3.8) is 0 Å². The van der Waals surface area contributed by atoms with Crippen molar-refractivity contribution >= 4 is 17.5 Å². The average molecular weight is 340 g/mol. The molecule has 0 amide bonds. The molecule has 0 aliphatic heterocycles. The molecule has 1 aliphatic carbocycles. The Kier molecular flexibility index (Phi) is 5.07. The van der Waals surface area contributed by atoms with E-state index in [-0.39, 0.29) is 22.3 Å². The largest absolute Gasteiger partial charge is 0.383 e. The number of carbonyl (C=O) groups is 2. The summed E-state index contributed by atoms with van der Waals surface area (Å²) in [5.74, 6) is -0.628. The number of hydrogen-bond donors (Lipinski definition) is 0. The van der Waals surface area contributed by atoms with Crippen LogP contribution in [-0.2, 0) is 9.63 Å². The molecule has 0 atom stereocenters. The standard InChI is InChI=1S/C20H24N2O3/c1-19(2,3)14-11-13(12-15(17(14)23)20(4,5)6)22-25-18(24)16-9-7-8-10-21-16/h7-12H,1-6H3. The Labute approximate surface area is 148 Å². The molecule has 0 radical (unpaired) electrons. The quantitative estimate of drug-likeness (QED) is 0.461. The van der Waals surface area contributed by atoms with Crippen molar-refractivity contribution in [3.8, 4) is 0 Å². The number of ketones is 1. The molecule has 0 bridgehead atoms. The number of allylic oxidation sites excluding steroid dienone is 4. The minimum atomic E-state index is -0.638. The fourth-order valence-corrected chi connectivity index (χ4v) is 2.40. The van der Waals surface area contributed by atoms with Gasteiger partial charge in [-0.25, -0.2) is 9.78 Å². The maximum Gasteiger partial charge on any atom is 0.383 e. The van der Waals surface area contributed by atoms with Gasteiger partial charge in [-0.3, -0.25) is 4.79 Å². The molecule has 0 spiro atoms. The molecule has 2 rings (SSSR count). The summed E-state index contributed by atoms with van der Waals surface area (Å²) in [5, 5.41) is 3.94. The van der Waals surface area contributed by atoms with Crippen LogP contribution < -0.4 is 0 Å². The van der Waals surface area contributed by atoms with Crippen LogP contribution in [0.4, 0.5) is 0 Å². The van der Waals surface area contributed by atoms with Gasteiger partial charge in [-0.15, -0.1) is 0 Å². The molecule has 0 saturated heterocycles. The molecule has 132 valence electrons. The number of hydrogen-bond acceptors (Lipinski definition) is 5. The smallest absolute Gasteiger partial charge is 0.310 e. The van der Waals surface area contributed by atoms with Gasteiger partial charge in [-0.2, -0.15) is 0 Å². The molecule has 1 aromatic rings. The van der Waals surface area contributed by atoms with E-state index in [1.807, 2.05) is 41.5 Å². The van der Waals surface area contributed by atoms with Crippen molar-refractivity contribution < 1.29 is 14.4 Å². The van der Waals surface area contributed by atoms with Gasteiger partial charge in [0.15, 0.2) is 11.5 Å². The van der Waals surface area contributed by atoms with E-state index in [9.17, 15) is 9.59 Å². The Morgan fingerprint density at radius 1 is 1.00 bits per heavy atom. The van der Waals surface area contributed by atoms with Crippen molar-refractivity contribution in [2.24, 2.45) is 16.0 Å². The van der Waals surface area contributed by atoms with E-state index in [1.54, 1.807) is 30.4 Å². The number of carbonyl (C=O) groups excluding carboxylic acids is 2. The predicted octanol–water partition coefficient (Wildman–Crippen LogP) is 4.12. The van der Waals surface area contributed by atoms with Gasteiger partial charge in [0.25, 0.3) is 0 Å². The maximum atomic E-state index is 12.8. The summed E-state index contributed by atoms with van der Waals surface area (Å²) in [6.45, 7) is 11.8. The molecule has 25 heavy (non-hydrogen) atoms. The van der Waals surface area contributed by atoms with Crippen LogP contribution in [0.15, 0.2) is 52.8 Å². The highest BCUT2D eigenvalue weighted by Crippen LogP contribution is 2.36. The van der Waals surface area contributed by atoms with Crippen LogP contribution in [0.2, 0.25) is 0 Å². The van der Waals surface area contributed by atoms with Crippen LogP contribution in [-0.4, -0.2) is 22.4 Å². The van der Waals surface area contributed by atoms with Crippen LogP contribution in [0.1, 0.15) is 52.0 Å². The van der Waals surface area contributed by atoms with Gasteiger partial charge in [0.2, 0.25) is 0 Å². The normalized spacial score (nSPS) is 15.4. The highest BCUT2D eigenvalue weighted by molar-refractivity contribution is 6.22. The van der Waals surface area contributed by atoms with E-state index >= 15 is 0 Å². The number of aromatic nitrogens is 1. The number of Topliss-reactive ketones (excluding diaryl/α,β-unsaturated/α-hetero) is 1. The summed E-state index contributed by atoms with van der Waals surface area (Å²) in [6, 6.07) is 4.97. The Balaban J connectivity index is 2.36. The van der Waals surface area contributed by atoms with Crippen molar-refractivity contribution in [2.75, 3.05) is 0 Å². The van der Waals surface area contributed by atoms with Crippen LogP contribution in [0, 0.1) is 10.8 Å². The predicted molar refractivity (Wildman–Crippen MR) is 97.2 cm³/mol. The molecule has 0 aromatic carbocycles. The molecule has 5 nitrogen and oxygen atoms in total. The van der Waals surface area contributed by atoms with Crippen LogP contribution in [0.5, 0.6) is 0 Å². The third-order valence-corrected chi connectivity index (χ3v) is 3.80. The third kappa shape index (κ3) is 4.50.